The number of hydrogen-bond donors (Lipinski definition) is 1. The van der Waals surface area contributed by atoms with Crippen LogP contribution in [0.2, 0.25) is 4.34 Å². The zero-order valence-electron chi connectivity index (χ0n) is 19.2. The number of aromatic nitrogens is 2. The number of thiophene rings is 1. The van der Waals surface area contributed by atoms with Crippen molar-refractivity contribution >= 4 is 39.9 Å². The van der Waals surface area contributed by atoms with E-state index in [1.165, 1.54) is 11.3 Å². The number of carbonyl (C=O) groups is 1. The first kappa shape index (κ1) is 23.0. The first-order valence-corrected chi connectivity index (χ1v) is 12.7. The second-order valence-electron chi connectivity index (χ2n) is 8.61. The van der Waals surface area contributed by atoms with E-state index in [1.807, 2.05) is 54.0 Å². The van der Waals surface area contributed by atoms with Crippen LogP contribution in [0, 0.1) is 6.92 Å². The van der Waals surface area contributed by atoms with E-state index in [9.17, 15) is 4.79 Å². The minimum Gasteiger partial charge on any atom is -0.393 e. The quantitative estimate of drug-likeness (QED) is 0.356. The molecule has 4 aromatic rings. The number of para-hydroxylation sites is 1. The summed E-state index contributed by atoms with van der Waals surface area (Å²) in [4.78, 5) is 16.1. The van der Waals surface area contributed by atoms with Gasteiger partial charge in [0.15, 0.2) is 5.76 Å². The van der Waals surface area contributed by atoms with Gasteiger partial charge in [0.1, 0.15) is 5.69 Å². The molecule has 178 valence electrons. The van der Waals surface area contributed by atoms with E-state index in [4.69, 9.17) is 20.9 Å². The van der Waals surface area contributed by atoms with Gasteiger partial charge >= 0.3 is 6.09 Å². The molecule has 0 radical (unpaired) electrons. The highest BCUT2D eigenvalue weighted by Crippen LogP contribution is 2.33. The number of nitrogens with zero attached hydrogens (tertiary/aromatic N) is 3. The molecule has 0 unspecified atom stereocenters. The van der Waals surface area contributed by atoms with Crippen LogP contribution in [-0.4, -0.2) is 46.4 Å². The minimum atomic E-state index is -0.425. The lowest BCUT2D eigenvalue weighted by atomic mass is 10.1. The monoisotopic (exact) mass is 498 g/mol. The van der Waals surface area contributed by atoms with Gasteiger partial charge in [0.25, 0.3) is 0 Å². The van der Waals surface area contributed by atoms with Crippen molar-refractivity contribution < 1.29 is 14.1 Å². The summed E-state index contributed by atoms with van der Waals surface area (Å²) in [7, 11) is 0. The summed E-state index contributed by atoms with van der Waals surface area (Å²) in [6.07, 6.45) is 1.43. The van der Waals surface area contributed by atoms with Crippen LogP contribution in [0.15, 0.2) is 47.0 Å². The van der Waals surface area contributed by atoms with Gasteiger partial charge in [0.2, 0.25) is 5.88 Å². The molecule has 0 saturated carbocycles. The van der Waals surface area contributed by atoms with Crippen LogP contribution >= 0.6 is 22.9 Å². The first-order chi connectivity index (χ1) is 16.5. The van der Waals surface area contributed by atoms with Gasteiger partial charge in [-0.2, -0.15) is 0 Å². The number of rotatable bonds is 6. The molecule has 0 bridgehead atoms. The molecule has 4 heterocycles. The molecule has 1 fully saturated rings. The Morgan fingerprint density at radius 2 is 2.09 bits per heavy atom. The fraction of sp³-hybridized carbons (Fsp3) is 0.360. The molecule has 1 aliphatic rings. The number of benzene rings is 1. The molecule has 1 aromatic carbocycles. The number of fused-ring (bicyclic) bond motifs is 1. The number of halogens is 1. The fourth-order valence-electron chi connectivity index (χ4n) is 4.53. The number of carbonyl (C=O) groups excluding carboxylic acids is 1. The Bertz CT molecular complexity index is 1300. The van der Waals surface area contributed by atoms with E-state index in [0.29, 0.717) is 22.5 Å². The lowest BCUT2D eigenvalue weighted by Crippen LogP contribution is -2.45. The van der Waals surface area contributed by atoms with Crippen LogP contribution < -0.4 is 10.1 Å². The standard InChI is InChI=1S/C25H27ClN4O3S/c1-3-29-11-9-18(10-12-29)27-25(31)32-23-13-17-6-4-5-16(2)24(17)30(23)15-19-14-20(33-28-19)21-7-8-22(26)34-21/h4-8,13-14,18H,3,9-12,15H2,1-2H3,(H,27,31). The Morgan fingerprint density at radius 1 is 1.26 bits per heavy atom. The summed E-state index contributed by atoms with van der Waals surface area (Å²) in [6.45, 7) is 7.65. The molecule has 34 heavy (non-hydrogen) atoms. The Hall–Kier alpha value is -2.81. The van der Waals surface area contributed by atoms with Gasteiger partial charge in [0, 0.05) is 36.7 Å². The minimum absolute atomic E-state index is 0.130. The molecule has 7 nitrogen and oxygen atoms in total. The van der Waals surface area contributed by atoms with Gasteiger partial charge in [-0.3, -0.25) is 0 Å². The number of amides is 1. The van der Waals surface area contributed by atoms with Crippen LogP contribution in [-0.2, 0) is 6.54 Å². The Balaban J connectivity index is 1.37. The van der Waals surface area contributed by atoms with Gasteiger partial charge in [-0.15, -0.1) is 11.3 Å². The van der Waals surface area contributed by atoms with E-state index in [-0.39, 0.29) is 6.04 Å². The maximum atomic E-state index is 12.8. The smallest absolute Gasteiger partial charge is 0.393 e. The van der Waals surface area contributed by atoms with Crippen molar-refractivity contribution in [3.63, 3.8) is 0 Å². The van der Waals surface area contributed by atoms with Crippen molar-refractivity contribution in [2.45, 2.75) is 39.3 Å². The van der Waals surface area contributed by atoms with Crippen LogP contribution in [0.3, 0.4) is 0 Å². The molecule has 1 N–H and O–H groups in total. The molecule has 0 aliphatic carbocycles. The van der Waals surface area contributed by atoms with Gasteiger partial charge in [-0.1, -0.05) is 41.9 Å². The predicted octanol–water partition coefficient (Wildman–Crippen LogP) is 5.94. The summed E-state index contributed by atoms with van der Waals surface area (Å²) in [6, 6.07) is 13.8. The molecule has 3 aromatic heterocycles. The largest absolute Gasteiger partial charge is 0.414 e. The number of piperidine rings is 1. The third-order valence-electron chi connectivity index (χ3n) is 6.33. The van der Waals surface area contributed by atoms with Crippen LogP contribution in [0.5, 0.6) is 5.88 Å². The average molecular weight is 499 g/mol. The highest BCUT2D eigenvalue weighted by molar-refractivity contribution is 7.19. The molecule has 0 spiro atoms. The van der Waals surface area contributed by atoms with Crippen LogP contribution in [0.25, 0.3) is 21.5 Å². The van der Waals surface area contributed by atoms with E-state index in [1.54, 1.807) is 0 Å². The molecule has 1 saturated heterocycles. The molecule has 5 rings (SSSR count). The fourth-order valence-corrected chi connectivity index (χ4v) is 5.52. The van der Waals surface area contributed by atoms with Gasteiger partial charge in [-0.05, 0) is 44.0 Å². The van der Waals surface area contributed by atoms with Crippen LogP contribution in [0.4, 0.5) is 4.79 Å². The number of aryl methyl sites for hydroxylation is 1. The number of ether oxygens (including phenoxy) is 1. The maximum Gasteiger partial charge on any atom is 0.414 e. The number of likely N-dealkylation sites (tertiary alicyclic amines) is 1. The highest BCUT2D eigenvalue weighted by atomic mass is 35.5. The van der Waals surface area contributed by atoms with Crippen molar-refractivity contribution in [1.82, 2.24) is 19.9 Å². The molecule has 1 aliphatic heterocycles. The van der Waals surface area contributed by atoms with Crippen molar-refractivity contribution in [3.8, 4) is 16.5 Å². The molecular formula is C25H27ClN4O3S. The highest BCUT2D eigenvalue weighted by Gasteiger charge is 2.22. The maximum absolute atomic E-state index is 12.8. The first-order valence-electron chi connectivity index (χ1n) is 11.5. The lowest BCUT2D eigenvalue weighted by molar-refractivity contribution is 0.173. The zero-order chi connectivity index (χ0) is 23.7. The Labute approximate surface area is 207 Å². The third kappa shape index (κ3) is 4.85. The second kappa shape index (κ2) is 9.82. The second-order valence-corrected chi connectivity index (χ2v) is 10.3. The van der Waals surface area contributed by atoms with E-state index in [0.717, 1.165) is 59.5 Å². The molecule has 1 amide bonds. The van der Waals surface area contributed by atoms with E-state index >= 15 is 0 Å². The van der Waals surface area contributed by atoms with Gasteiger partial charge in [-0.25, -0.2) is 4.79 Å². The summed E-state index contributed by atoms with van der Waals surface area (Å²) >= 11 is 7.50. The van der Waals surface area contributed by atoms with Crippen molar-refractivity contribution in [2.75, 3.05) is 19.6 Å². The summed E-state index contributed by atoms with van der Waals surface area (Å²) < 4.78 is 14.1. The van der Waals surface area contributed by atoms with E-state index < -0.39 is 6.09 Å². The summed E-state index contributed by atoms with van der Waals surface area (Å²) in [5, 5.41) is 8.30. The normalized spacial score (nSPS) is 15.1. The predicted molar refractivity (Wildman–Crippen MR) is 135 cm³/mol. The topological polar surface area (TPSA) is 72.5 Å². The van der Waals surface area contributed by atoms with E-state index in [2.05, 4.69) is 22.3 Å². The van der Waals surface area contributed by atoms with Crippen LogP contribution in [0.1, 0.15) is 31.0 Å². The van der Waals surface area contributed by atoms with Crippen molar-refractivity contribution in [2.24, 2.45) is 0 Å². The summed E-state index contributed by atoms with van der Waals surface area (Å²) in [5.74, 6) is 1.15. The number of hydrogen-bond acceptors (Lipinski definition) is 6. The lowest BCUT2D eigenvalue weighted by Gasteiger charge is -2.31. The van der Waals surface area contributed by atoms with Gasteiger partial charge in [0.05, 0.1) is 21.3 Å². The third-order valence-corrected chi connectivity index (χ3v) is 7.58. The van der Waals surface area contributed by atoms with Crippen molar-refractivity contribution in [1.29, 1.82) is 0 Å². The molecular weight excluding hydrogens is 472 g/mol. The SMILES string of the molecule is CCN1CCC(NC(=O)Oc2cc3cccc(C)c3n2Cc2cc(-c3ccc(Cl)s3)on2)CC1. The average Bonchev–Trinajstić information content (AvgIpc) is 3.54. The Kier molecular flexibility index (Phi) is 6.63. The van der Waals surface area contributed by atoms with Gasteiger partial charge < -0.3 is 24.0 Å². The Morgan fingerprint density at radius 3 is 2.82 bits per heavy atom. The summed E-state index contributed by atoms with van der Waals surface area (Å²) in [5.41, 5.74) is 2.83. The zero-order valence-corrected chi connectivity index (χ0v) is 20.8. The molecule has 9 heteroatoms. The molecule has 0 atom stereocenters. The number of nitrogens with one attached hydrogen (secondary N) is 1. The van der Waals surface area contributed by atoms with Crippen molar-refractivity contribution in [3.05, 3.63) is 58.1 Å².